The molecule has 0 atom stereocenters. The van der Waals surface area contributed by atoms with Gasteiger partial charge in [-0.2, -0.15) is 0 Å². The summed E-state index contributed by atoms with van der Waals surface area (Å²) in [6, 6.07) is 10.4. The van der Waals surface area contributed by atoms with Crippen molar-refractivity contribution in [1.82, 2.24) is 4.98 Å². The molecule has 1 aromatic heterocycles. The lowest BCUT2D eigenvalue weighted by atomic mass is 10.2. The van der Waals surface area contributed by atoms with Crippen molar-refractivity contribution in [2.45, 2.75) is 6.42 Å². The van der Waals surface area contributed by atoms with Crippen LogP contribution in [0, 0.1) is 0 Å². The minimum absolute atomic E-state index is 0.0560. The number of carboxylic acids is 1. The van der Waals surface area contributed by atoms with E-state index in [1.165, 1.54) is 18.3 Å². The lowest BCUT2D eigenvalue weighted by Crippen LogP contribution is -2.33. The van der Waals surface area contributed by atoms with Crippen LogP contribution in [0.25, 0.3) is 0 Å². The first kappa shape index (κ1) is 13.1. The second-order valence-corrected chi connectivity index (χ2v) is 4.70. The van der Waals surface area contributed by atoms with Crippen molar-refractivity contribution in [3.63, 3.8) is 0 Å². The number of hydrogen-bond donors (Lipinski definition) is 2. The van der Waals surface area contributed by atoms with Gasteiger partial charge in [0.25, 0.3) is 0 Å². The van der Waals surface area contributed by atoms with Crippen molar-refractivity contribution in [1.29, 1.82) is 0 Å². The molecule has 106 valence electrons. The molecule has 21 heavy (non-hydrogen) atoms. The van der Waals surface area contributed by atoms with Gasteiger partial charge >= 0.3 is 12.0 Å². The van der Waals surface area contributed by atoms with E-state index in [2.05, 4.69) is 10.3 Å². The molecule has 0 saturated carbocycles. The fraction of sp³-hybridized carbons (Fsp3) is 0.133. The third kappa shape index (κ3) is 2.55. The average molecular weight is 283 g/mol. The third-order valence-electron chi connectivity index (χ3n) is 3.37. The SMILES string of the molecule is O=C(O)c1ccc(NC(=O)N2CCc3ccccc32)cn1. The molecule has 2 aromatic rings. The first-order valence-corrected chi connectivity index (χ1v) is 6.51. The van der Waals surface area contributed by atoms with Crippen LogP contribution in [0.5, 0.6) is 0 Å². The molecule has 0 fully saturated rings. The minimum atomic E-state index is -1.10. The van der Waals surface area contributed by atoms with Crippen molar-refractivity contribution in [2.75, 3.05) is 16.8 Å². The molecule has 6 heteroatoms. The molecule has 0 spiro atoms. The number of fused-ring (bicyclic) bond motifs is 1. The molecule has 0 radical (unpaired) electrons. The molecule has 0 bridgehead atoms. The summed E-state index contributed by atoms with van der Waals surface area (Å²) in [6.07, 6.45) is 2.17. The van der Waals surface area contributed by atoms with Crippen LogP contribution in [-0.4, -0.2) is 28.6 Å². The first-order chi connectivity index (χ1) is 10.1. The van der Waals surface area contributed by atoms with Gasteiger partial charge in [-0.05, 0) is 30.2 Å². The van der Waals surface area contributed by atoms with E-state index in [4.69, 9.17) is 5.11 Å². The molecule has 0 unspecified atom stereocenters. The van der Waals surface area contributed by atoms with Gasteiger partial charge in [0.05, 0.1) is 11.9 Å². The maximum atomic E-state index is 12.3. The lowest BCUT2D eigenvalue weighted by molar-refractivity contribution is 0.0690. The Labute approximate surface area is 121 Å². The minimum Gasteiger partial charge on any atom is -0.477 e. The Balaban J connectivity index is 1.74. The van der Waals surface area contributed by atoms with Gasteiger partial charge < -0.3 is 10.4 Å². The van der Waals surface area contributed by atoms with Crippen LogP contribution in [-0.2, 0) is 6.42 Å². The Morgan fingerprint density at radius 2 is 2.00 bits per heavy atom. The zero-order chi connectivity index (χ0) is 14.8. The van der Waals surface area contributed by atoms with Crippen molar-refractivity contribution >= 4 is 23.4 Å². The predicted molar refractivity (Wildman–Crippen MR) is 77.7 cm³/mol. The van der Waals surface area contributed by atoms with E-state index in [0.717, 1.165) is 17.7 Å². The molecule has 1 aliphatic rings. The van der Waals surface area contributed by atoms with E-state index in [0.29, 0.717) is 12.2 Å². The number of anilines is 2. The van der Waals surface area contributed by atoms with Crippen molar-refractivity contribution in [3.05, 3.63) is 53.9 Å². The van der Waals surface area contributed by atoms with Gasteiger partial charge in [-0.3, -0.25) is 4.90 Å². The van der Waals surface area contributed by atoms with E-state index in [1.807, 2.05) is 24.3 Å². The number of carbonyl (C=O) groups is 2. The summed E-state index contributed by atoms with van der Waals surface area (Å²) in [6.45, 7) is 0.631. The molecule has 2 N–H and O–H groups in total. The highest BCUT2D eigenvalue weighted by atomic mass is 16.4. The molecule has 2 amide bonds. The number of aromatic carboxylic acids is 1. The van der Waals surface area contributed by atoms with Crippen LogP contribution in [0.4, 0.5) is 16.2 Å². The fourth-order valence-electron chi connectivity index (χ4n) is 2.33. The summed E-state index contributed by atoms with van der Waals surface area (Å²) >= 11 is 0. The Bertz CT molecular complexity index is 698. The second-order valence-electron chi connectivity index (χ2n) is 4.70. The number of rotatable bonds is 2. The van der Waals surface area contributed by atoms with Gasteiger partial charge in [0.2, 0.25) is 0 Å². The number of benzene rings is 1. The Morgan fingerprint density at radius 3 is 2.71 bits per heavy atom. The summed E-state index contributed by atoms with van der Waals surface area (Å²) in [5, 5.41) is 11.5. The zero-order valence-electron chi connectivity index (χ0n) is 11.1. The van der Waals surface area contributed by atoms with Gasteiger partial charge in [0, 0.05) is 12.2 Å². The van der Waals surface area contributed by atoms with Crippen molar-refractivity contribution in [2.24, 2.45) is 0 Å². The summed E-state index contributed by atoms with van der Waals surface area (Å²) in [4.78, 5) is 28.4. The number of pyridine rings is 1. The molecule has 0 aliphatic carbocycles. The number of amides is 2. The number of nitrogens with one attached hydrogen (secondary N) is 1. The fourth-order valence-corrected chi connectivity index (χ4v) is 2.33. The van der Waals surface area contributed by atoms with E-state index in [1.54, 1.807) is 4.90 Å². The maximum absolute atomic E-state index is 12.3. The van der Waals surface area contributed by atoms with Gasteiger partial charge in [0.1, 0.15) is 5.69 Å². The number of carboxylic acid groups (broad SMARTS) is 1. The van der Waals surface area contributed by atoms with E-state index < -0.39 is 5.97 Å². The number of nitrogens with zero attached hydrogens (tertiary/aromatic N) is 2. The van der Waals surface area contributed by atoms with Gasteiger partial charge in [-0.25, -0.2) is 14.6 Å². The highest BCUT2D eigenvalue weighted by Crippen LogP contribution is 2.27. The normalized spacial score (nSPS) is 12.9. The largest absolute Gasteiger partial charge is 0.477 e. The van der Waals surface area contributed by atoms with Crippen LogP contribution in [0.15, 0.2) is 42.6 Å². The first-order valence-electron chi connectivity index (χ1n) is 6.51. The summed E-state index contributed by atoms with van der Waals surface area (Å²) < 4.78 is 0. The quantitative estimate of drug-likeness (QED) is 0.886. The van der Waals surface area contributed by atoms with Crippen LogP contribution in [0.2, 0.25) is 0 Å². The second kappa shape index (κ2) is 5.24. The number of carbonyl (C=O) groups excluding carboxylic acids is 1. The molecule has 6 nitrogen and oxygen atoms in total. The monoisotopic (exact) mass is 283 g/mol. The van der Waals surface area contributed by atoms with Crippen LogP contribution >= 0.6 is 0 Å². The summed E-state index contributed by atoms with van der Waals surface area (Å²) in [5.74, 6) is -1.10. The number of aromatic nitrogens is 1. The molecular weight excluding hydrogens is 270 g/mol. The zero-order valence-corrected chi connectivity index (χ0v) is 11.1. The highest BCUT2D eigenvalue weighted by molar-refractivity contribution is 6.03. The smallest absolute Gasteiger partial charge is 0.354 e. The molecule has 3 rings (SSSR count). The van der Waals surface area contributed by atoms with E-state index >= 15 is 0 Å². The standard InChI is InChI=1S/C15H13N3O3/c19-14(20)12-6-5-11(9-16-12)17-15(21)18-8-7-10-3-1-2-4-13(10)18/h1-6,9H,7-8H2,(H,17,21)(H,19,20). The Hall–Kier alpha value is -2.89. The topological polar surface area (TPSA) is 82.5 Å². The van der Waals surface area contributed by atoms with Gasteiger partial charge in [-0.15, -0.1) is 0 Å². The Kier molecular flexibility index (Phi) is 3.27. The number of para-hydroxylation sites is 1. The highest BCUT2D eigenvalue weighted by Gasteiger charge is 2.24. The van der Waals surface area contributed by atoms with Crippen LogP contribution in [0.1, 0.15) is 16.1 Å². The van der Waals surface area contributed by atoms with Crippen LogP contribution in [0.3, 0.4) is 0 Å². The lowest BCUT2D eigenvalue weighted by Gasteiger charge is -2.17. The molecule has 1 aliphatic heterocycles. The van der Waals surface area contributed by atoms with Crippen molar-refractivity contribution in [3.8, 4) is 0 Å². The van der Waals surface area contributed by atoms with Gasteiger partial charge in [0.15, 0.2) is 0 Å². The van der Waals surface area contributed by atoms with E-state index in [-0.39, 0.29) is 11.7 Å². The van der Waals surface area contributed by atoms with E-state index in [9.17, 15) is 9.59 Å². The maximum Gasteiger partial charge on any atom is 0.354 e. The molecular formula is C15H13N3O3. The number of urea groups is 1. The molecule has 2 heterocycles. The Morgan fingerprint density at radius 1 is 1.19 bits per heavy atom. The summed E-state index contributed by atoms with van der Waals surface area (Å²) in [5.41, 5.74) is 2.46. The summed E-state index contributed by atoms with van der Waals surface area (Å²) in [7, 11) is 0. The predicted octanol–water partition coefficient (Wildman–Crippen LogP) is 2.37. The van der Waals surface area contributed by atoms with Gasteiger partial charge in [-0.1, -0.05) is 18.2 Å². The molecule has 0 saturated heterocycles. The van der Waals surface area contributed by atoms with Crippen molar-refractivity contribution < 1.29 is 14.7 Å². The third-order valence-corrected chi connectivity index (χ3v) is 3.37. The van der Waals surface area contributed by atoms with Crippen LogP contribution < -0.4 is 10.2 Å². The molecule has 1 aromatic carbocycles. The average Bonchev–Trinajstić information content (AvgIpc) is 2.92. The number of hydrogen-bond acceptors (Lipinski definition) is 3.